The van der Waals surface area contributed by atoms with E-state index in [1.165, 1.54) is 18.3 Å². The SMILES string of the molecule is CCOc1cc(/C=N\NC(=O)c2ccc(I)c(OC)c2)ccc1OCc1ccc(C(=O)O)cc1. The molecule has 1 amide bonds. The van der Waals surface area contributed by atoms with Crippen LogP contribution in [0.25, 0.3) is 0 Å². The fraction of sp³-hybridized carbons (Fsp3) is 0.160. The van der Waals surface area contributed by atoms with Crippen LogP contribution >= 0.6 is 22.6 Å². The zero-order chi connectivity index (χ0) is 24.5. The minimum atomic E-state index is -0.974. The third-order valence-corrected chi connectivity index (χ3v) is 5.55. The summed E-state index contributed by atoms with van der Waals surface area (Å²) in [5, 5.41) is 13.0. The number of aromatic carboxylic acids is 1. The van der Waals surface area contributed by atoms with Crippen molar-refractivity contribution in [1.82, 2.24) is 5.43 Å². The van der Waals surface area contributed by atoms with Gasteiger partial charge < -0.3 is 19.3 Å². The number of nitrogens with one attached hydrogen (secondary N) is 1. The number of carbonyl (C=O) groups is 2. The van der Waals surface area contributed by atoms with Crippen molar-refractivity contribution in [1.29, 1.82) is 0 Å². The van der Waals surface area contributed by atoms with Crippen LogP contribution in [0.5, 0.6) is 17.2 Å². The number of hydrogen-bond acceptors (Lipinski definition) is 6. The van der Waals surface area contributed by atoms with Gasteiger partial charge in [-0.3, -0.25) is 4.79 Å². The van der Waals surface area contributed by atoms with Gasteiger partial charge in [-0.05, 0) is 89.2 Å². The van der Waals surface area contributed by atoms with E-state index in [-0.39, 0.29) is 18.1 Å². The third-order valence-electron chi connectivity index (χ3n) is 4.66. The molecule has 0 aliphatic heterocycles. The van der Waals surface area contributed by atoms with Crippen LogP contribution in [0.4, 0.5) is 0 Å². The Labute approximate surface area is 210 Å². The zero-order valence-electron chi connectivity index (χ0n) is 18.6. The number of carboxylic acids is 1. The molecule has 0 radical (unpaired) electrons. The maximum absolute atomic E-state index is 12.4. The van der Waals surface area contributed by atoms with E-state index in [0.29, 0.717) is 35.0 Å². The number of methoxy groups -OCH3 is 1. The fourth-order valence-electron chi connectivity index (χ4n) is 2.93. The molecule has 0 bridgehead atoms. The molecule has 3 aromatic rings. The topological polar surface area (TPSA) is 106 Å². The van der Waals surface area contributed by atoms with Gasteiger partial charge in [0.1, 0.15) is 12.4 Å². The summed E-state index contributed by atoms with van der Waals surface area (Å²) in [6, 6.07) is 16.9. The van der Waals surface area contributed by atoms with Crippen LogP contribution in [-0.2, 0) is 6.61 Å². The zero-order valence-corrected chi connectivity index (χ0v) is 20.7. The average molecular weight is 574 g/mol. The maximum atomic E-state index is 12.4. The van der Waals surface area contributed by atoms with E-state index in [1.807, 2.05) is 6.92 Å². The Kier molecular flexibility index (Phi) is 8.86. The van der Waals surface area contributed by atoms with E-state index in [9.17, 15) is 9.59 Å². The summed E-state index contributed by atoms with van der Waals surface area (Å²) >= 11 is 2.13. The molecule has 9 heteroatoms. The van der Waals surface area contributed by atoms with Crippen molar-refractivity contribution in [3.8, 4) is 17.2 Å². The van der Waals surface area contributed by atoms with Gasteiger partial charge in [-0.2, -0.15) is 5.10 Å². The molecule has 0 aliphatic rings. The first kappa shape index (κ1) is 25.0. The first-order valence-electron chi connectivity index (χ1n) is 10.3. The molecule has 3 rings (SSSR count). The second-order valence-electron chi connectivity index (χ2n) is 6.98. The van der Waals surface area contributed by atoms with Crippen LogP contribution in [-0.4, -0.2) is 36.9 Å². The summed E-state index contributed by atoms with van der Waals surface area (Å²) in [7, 11) is 1.55. The minimum absolute atomic E-state index is 0.218. The van der Waals surface area contributed by atoms with Gasteiger partial charge in [0.15, 0.2) is 11.5 Å². The standard InChI is InChI=1S/C25H23IN2O6/c1-3-33-23-12-17(14-27-28-24(29)19-9-10-20(26)22(13-19)32-2)6-11-21(23)34-15-16-4-7-18(8-5-16)25(30)31/h4-14H,3,15H2,1-2H3,(H,28,29)(H,30,31)/b27-14-. The molecule has 176 valence electrons. The Balaban J connectivity index is 1.65. The molecule has 0 heterocycles. The number of carboxylic acid groups (broad SMARTS) is 1. The molecule has 0 aromatic heterocycles. The molecule has 0 aliphatic carbocycles. The van der Waals surface area contributed by atoms with E-state index in [4.69, 9.17) is 19.3 Å². The number of hydrazone groups is 1. The number of ether oxygens (including phenoxy) is 3. The predicted octanol–water partition coefficient (Wildman–Crippen LogP) is 4.74. The maximum Gasteiger partial charge on any atom is 0.335 e. The molecule has 8 nitrogen and oxygen atoms in total. The van der Waals surface area contributed by atoms with Crippen molar-refractivity contribution in [3.63, 3.8) is 0 Å². The van der Waals surface area contributed by atoms with Crippen LogP contribution in [0.2, 0.25) is 0 Å². The van der Waals surface area contributed by atoms with Crippen molar-refractivity contribution in [2.24, 2.45) is 5.10 Å². The first-order valence-corrected chi connectivity index (χ1v) is 11.4. The largest absolute Gasteiger partial charge is 0.496 e. The van der Waals surface area contributed by atoms with Crippen LogP contribution in [0.15, 0.2) is 65.8 Å². The summed E-state index contributed by atoms with van der Waals surface area (Å²) < 4.78 is 17.7. The van der Waals surface area contributed by atoms with E-state index >= 15 is 0 Å². The highest BCUT2D eigenvalue weighted by Gasteiger charge is 2.10. The minimum Gasteiger partial charge on any atom is -0.496 e. The number of amides is 1. The summed E-state index contributed by atoms with van der Waals surface area (Å²) in [5.41, 5.74) is 4.69. The smallest absolute Gasteiger partial charge is 0.335 e. The molecule has 0 unspecified atom stereocenters. The summed E-state index contributed by atoms with van der Waals surface area (Å²) in [6.07, 6.45) is 1.51. The van der Waals surface area contributed by atoms with Gasteiger partial charge >= 0.3 is 5.97 Å². The lowest BCUT2D eigenvalue weighted by atomic mass is 10.1. The molecule has 0 spiro atoms. The van der Waals surface area contributed by atoms with Gasteiger partial charge in [0.05, 0.1) is 29.1 Å². The lowest BCUT2D eigenvalue weighted by molar-refractivity contribution is 0.0696. The van der Waals surface area contributed by atoms with Gasteiger partial charge in [-0.1, -0.05) is 12.1 Å². The number of carbonyl (C=O) groups excluding carboxylic acids is 1. The van der Waals surface area contributed by atoms with E-state index in [2.05, 4.69) is 33.1 Å². The second-order valence-corrected chi connectivity index (χ2v) is 8.14. The van der Waals surface area contributed by atoms with Crippen LogP contribution < -0.4 is 19.6 Å². The lowest BCUT2D eigenvalue weighted by Crippen LogP contribution is -2.17. The lowest BCUT2D eigenvalue weighted by Gasteiger charge is -2.13. The van der Waals surface area contributed by atoms with Crippen molar-refractivity contribution in [2.45, 2.75) is 13.5 Å². The van der Waals surface area contributed by atoms with Gasteiger partial charge in [0.2, 0.25) is 0 Å². The number of nitrogens with zero attached hydrogens (tertiary/aromatic N) is 1. The Morgan fingerprint density at radius 2 is 1.71 bits per heavy atom. The number of hydrogen-bond donors (Lipinski definition) is 2. The number of halogens is 1. The monoisotopic (exact) mass is 574 g/mol. The van der Waals surface area contributed by atoms with E-state index < -0.39 is 5.97 Å². The first-order chi connectivity index (χ1) is 16.4. The number of benzene rings is 3. The van der Waals surface area contributed by atoms with Crippen LogP contribution in [0.3, 0.4) is 0 Å². The Morgan fingerprint density at radius 1 is 0.971 bits per heavy atom. The average Bonchev–Trinajstić information content (AvgIpc) is 2.84. The Bertz CT molecular complexity index is 1190. The summed E-state index contributed by atoms with van der Waals surface area (Å²) in [6.45, 7) is 2.56. The number of rotatable bonds is 10. The molecule has 0 fully saturated rings. The molecular formula is C25H23IN2O6. The predicted molar refractivity (Wildman–Crippen MR) is 136 cm³/mol. The Morgan fingerprint density at radius 3 is 2.38 bits per heavy atom. The quantitative estimate of drug-likeness (QED) is 0.206. The van der Waals surface area contributed by atoms with Crippen molar-refractivity contribution >= 4 is 40.7 Å². The highest BCUT2D eigenvalue weighted by Crippen LogP contribution is 2.29. The Hall–Kier alpha value is -3.60. The third kappa shape index (κ3) is 6.70. The van der Waals surface area contributed by atoms with Gasteiger partial charge in [0.25, 0.3) is 5.91 Å². The van der Waals surface area contributed by atoms with Crippen LogP contribution in [0.1, 0.15) is 38.8 Å². The fourth-order valence-corrected chi connectivity index (χ4v) is 3.48. The molecule has 0 saturated heterocycles. The molecule has 0 saturated carbocycles. The molecule has 3 aromatic carbocycles. The summed E-state index contributed by atoms with van der Waals surface area (Å²) in [5.74, 6) is 0.355. The van der Waals surface area contributed by atoms with Crippen molar-refractivity contribution < 1.29 is 28.9 Å². The van der Waals surface area contributed by atoms with Crippen molar-refractivity contribution in [2.75, 3.05) is 13.7 Å². The van der Waals surface area contributed by atoms with E-state index in [1.54, 1.807) is 55.6 Å². The highest BCUT2D eigenvalue weighted by molar-refractivity contribution is 14.1. The summed E-state index contributed by atoms with van der Waals surface area (Å²) in [4.78, 5) is 23.3. The molecule has 0 atom stereocenters. The normalized spacial score (nSPS) is 10.7. The van der Waals surface area contributed by atoms with Gasteiger partial charge in [-0.15, -0.1) is 0 Å². The van der Waals surface area contributed by atoms with Gasteiger partial charge in [-0.25, -0.2) is 10.2 Å². The van der Waals surface area contributed by atoms with E-state index in [0.717, 1.165) is 9.13 Å². The van der Waals surface area contributed by atoms with Crippen molar-refractivity contribution in [3.05, 3.63) is 86.5 Å². The molecule has 34 heavy (non-hydrogen) atoms. The molecule has 2 N–H and O–H groups in total. The second kappa shape index (κ2) is 12.0. The highest BCUT2D eigenvalue weighted by atomic mass is 127. The van der Waals surface area contributed by atoms with Crippen LogP contribution in [0, 0.1) is 3.57 Å². The van der Waals surface area contributed by atoms with Gasteiger partial charge in [0, 0.05) is 5.56 Å². The molecular weight excluding hydrogens is 551 g/mol.